The third kappa shape index (κ3) is 5.02. The van der Waals surface area contributed by atoms with E-state index in [0.29, 0.717) is 24.7 Å². The molecule has 0 saturated heterocycles. The first kappa shape index (κ1) is 17.9. The van der Waals surface area contributed by atoms with Gasteiger partial charge in [0.2, 0.25) is 0 Å². The molecule has 1 aromatic heterocycles. The quantitative estimate of drug-likeness (QED) is 0.749. The minimum absolute atomic E-state index is 0.0963. The second-order valence-electron chi connectivity index (χ2n) is 5.40. The minimum Gasteiger partial charge on any atom is -0.390 e. The van der Waals surface area contributed by atoms with Crippen LogP contribution in [0.15, 0.2) is 29.4 Å². The molecule has 0 amide bonds. The van der Waals surface area contributed by atoms with Crippen LogP contribution in [-0.2, 0) is 11.3 Å². The van der Waals surface area contributed by atoms with E-state index in [-0.39, 0.29) is 11.9 Å². The lowest BCUT2D eigenvalue weighted by molar-refractivity contribution is 0.0152. The molecule has 0 bridgehead atoms. The number of nitrogens with zero attached hydrogens (tertiary/aromatic N) is 3. The van der Waals surface area contributed by atoms with Crippen molar-refractivity contribution >= 4 is 11.8 Å². The van der Waals surface area contributed by atoms with Gasteiger partial charge in [-0.1, -0.05) is 11.8 Å². The molecule has 1 atom stereocenters. The summed E-state index contributed by atoms with van der Waals surface area (Å²) in [6.07, 6.45) is -0.460. The average Bonchev–Trinajstić information content (AvgIpc) is 2.94. The first-order valence-electron chi connectivity index (χ1n) is 7.62. The van der Waals surface area contributed by atoms with E-state index in [1.807, 2.05) is 25.3 Å². The fraction of sp³-hybridized carbons (Fsp3) is 0.500. The summed E-state index contributed by atoms with van der Waals surface area (Å²) >= 11 is 1.44. The second kappa shape index (κ2) is 8.42. The number of hydrogen-bond donors (Lipinski definition) is 1. The topological polar surface area (TPSA) is 60.2 Å². The summed E-state index contributed by atoms with van der Waals surface area (Å²) in [4.78, 5) is 0. The Balaban J connectivity index is 2.04. The Labute approximate surface area is 139 Å². The minimum atomic E-state index is -0.557. The summed E-state index contributed by atoms with van der Waals surface area (Å²) in [5.41, 5.74) is 0.816. The van der Waals surface area contributed by atoms with Gasteiger partial charge in [-0.15, -0.1) is 10.2 Å². The normalized spacial score (nSPS) is 12.8. The second-order valence-corrected chi connectivity index (χ2v) is 6.39. The van der Waals surface area contributed by atoms with E-state index in [1.54, 1.807) is 12.1 Å². The third-order valence-corrected chi connectivity index (χ3v) is 4.27. The molecule has 7 heteroatoms. The molecule has 0 aliphatic carbocycles. The number of rotatable bonds is 8. The van der Waals surface area contributed by atoms with E-state index in [2.05, 4.69) is 10.2 Å². The van der Waals surface area contributed by atoms with Crippen LogP contribution >= 0.6 is 11.8 Å². The first-order chi connectivity index (χ1) is 11.0. The predicted octanol–water partition coefficient (Wildman–Crippen LogP) is 2.98. The number of ether oxygens (including phenoxy) is 1. The number of aliphatic hydroxyl groups excluding tert-OH is 1. The molecule has 0 aliphatic heterocycles. The fourth-order valence-corrected chi connectivity index (χ4v) is 2.92. The predicted molar refractivity (Wildman–Crippen MR) is 88.9 cm³/mol. The number of aromatic nitrogens is 3. The molecule has 0 spiro atoms. The third-order valence-electron chi connectivity index (χ3n) is 3.16. The Morgan fingerprint density at radius 3 is 2.57 bits per heavy atom. The molecule has 2 aromatic rings. The van der Waals surface area contributed by atoms with Crippen molar-refractivity contribution in [2.45, 2.75) is 44.7 Å². The van der Waals surface area contributed by atoms with Gasteiger partial charge in [-0.25, -0.2) is 4.39 Å². The van der Waals surface area contributed by atoms with Crippen LogP contribution in [0.3, 0.4) is 0 Å². The van der Waals surface area contributed by atoms with Crippen LogP contribution in [0.1, 0.15) is 20.8 Å². The molecule has 0 radical (unpaired) electrons. The summed E-state index contributed by atoms with van der Waals surface area (Å²) < 4.78 is 20.4. The molecule has 126 valence electrons. The highest BCUT2D eigenvalue weighted by Crippen LogP contribution is 2.24. The SMILES string of the molecule is CCn1c(SCC(O)COC(C)C)nnc1-c1ccc(F)cc1. The Bertz CT molecular complexity index is 616. The molecule has 1 unspecified atom stereocenters. The summed E-state index contributed by atoms with van der Waals surface area (Å²) in [5, 5.41) is 19.0. The molecule has 1 N–H and O–H groups in total. The van der Waals surface area contributed by atoms with Crippen LogP contribution in [0.5, 0.6) is 0 Å². The van der Waals surface area contributed by atoms with E-state index in [1.165, 1.54) is 23.9 Å². The highest BCUT2D eigenvalue weighted by molar-refractivity contribution is 7.99. The van der Waals surface area contributed by atoms with Crippen molar-refractivity contribution in [3.05, 3.63) is 30.1 Å². The van der Waals surface area contributed by atoms with Crippen molar-refractivity contribution in [2.24, 2.45) is 0 Å². The highest BCUT2D eigenvalue weighted by Gasteiger charge is 2.15. The molecule has 1 heterocycles. The number of halogens is 1. The van der Waals surface area contributed by atoms with Crippen molar-refractivity contribution in [1.29, 1.82) is 0 Å². The Morgan fingerprint density at radius 2 is 1.96 bits per heavy atom. The van der Waals surface area contributed by atoms with Gasteiger partial charge in [-0.3, -0.25) is 0 Å². The lowest BCUT2D eigenvalue weighted by atomic mass is 10.2. The van der Waals surface area contributed by atoms with Crippen molar-refractivity contribution in [1.82, 2.24) is 14.8 Å². The highest BCUT2D eigenvalue weighted by atomic mass is 32.2. The average molecular weight is 339 g/mol. The number of aliphatic hydroxyl groups is 1. The molecular formula is C16H22FN3O2S. The molecule has 1 aromatic carbocycles. The van der Waals surface area contributed by atoms with E-state index in [0.717, 1.165) is 10.7 Å². The zero-order valence-corrected chi connectivity index (χ0v) is 14.4. The van der Waals surface area contributed by atoms with Gasteiger partial charge in [0.25, 0.3) is 0 Å². The number of benzene rings is 1. The van der Waals surface area contributed by atoms with E-state index < -0.39 is 6.10 Å². The maximum Gasteiger partial charge on any atom is 0.191 e. The van der Waals surface area contributed by atoms with Gasteiger partial charge in [0.05, 0.1) is 18.8 Å². The lowest BCUT2D eigenvalue weighted by Gasteiger charge is -2.13. The number of thioether (sulfide) groups is 1. The van der Waals surface area contributed by atoms with Crippen LogP contribution in [-0.4, -0.2) is 44.4 Å². The van der Waals surface area contributed by atoms with Gasteiger partial charge in [-0.05, 0) is 45.0 Å². The zero-order chi connectivity index (χ0) is 16.8. The maximum absolute atomic E-state index is 13.0. The van der Waals surface area contributed by atoms with Crippen LogP contribution in [0.25, 0.3) is 11.4 Å². The number of hydrogen-bond acceptors (Lipinski definition) is 5. The lowest BCUT2D eigenvalue weighted by Crippen LogP contribution is -2.20. The summed E-state index contributed by atoms with van der Waals surface area (Å²) in [7, 11) is 0. The Morgan fingerprint density at radius 1 is 1.26 bits per heavy atom. The van der Waals surface area contributed by atoms with Crippen molar-refractivity contribution in [3.63, 3.8) is 0 Å². The summed E-state index contributed by atoms with van der Waals surface area (Å²) in [6.45, 7) is 6.86. The fourth-order valence-electron chi connectivity index (χ4n) is 2.02. The van der Waals surface area contributed by atoms with Crippen LogP contribution in [0.2, 0.25) is 0 Å². The molecule has 0 saturated carbocycles. The standard InChI is InChI=1S/C16H22FN3O2S/c1-4-20-15(12-5-7-13(17)8-6-12)18-19-16(20)23-10-14(21)9-22-11(2)3/h5-8,11,14,21H,4,9-10H2,1-3H3. The van der Waals surface area contributed by atoms with Crippen molar-refractivity contribution in [3.8, 4) is 11.4 Å². The molecular weight excluding hydrogens is 317 g/mol. The van der Waals surface area contributed by atoms with Gasteiger partial charge in [-0.2, -0.15) is 0 Å². The monoisotopic (exact) mass is 339 g/mol. The molecule has 0 fully saturated rings. The zero-order valence-electron chi connectivity index (χ0n) is 13.6. The van der Waals surface area contributed by atoms with Gasteiger partial charge in [0, 0.05) is 17.9 Å². The first-order valence-corrected chi connectivity index (χ1v) is 8.61. The maximum atomic E-state index is 13.0. The van der Waals surface area contributed by atoms with Gasteiger partial charge in [0.15, 0.2) is 11.0 Å². The Kier molecular flexibility index (Phi) is 6.56. The summed E-state index contributed by atoms with van der Waals surface area (Å²) in [5.74, 6) is 0.899. The van der Waals surface area contributed by atoms with Gasteiger partial charge >= 0.3 is 0 Å². The van der Waals surface area contributed by atoms with Gasteiger partial charge < -0.3 is 14.4 Å². The molecule has 0 aliphatic rings. The van der Waals surface area contributed by atoms with Crippen molar-refractivity contribution in [2.75, 3.05) is 12.4 Å². The van der Waals surface area contributed by atoms with Crippen LogP contribution < -0.4 is 0 Å². The van der Waals surface area contributed by atoms with E-state index in [4.69, 9.17) is 4.74 Å². The van der Waals surface area contributed by atoms with Crippen LogP contribution in [0.4, 0.5) is 4.39 Å². The Hall–Kier alpha value is -1.44. The largest absolute Gasteiger partial charge is 0.390 e. The van der Waals surface area contributed by atoms with Crippen LogP contribution in [0, 0.1) is 5.82 Å². The smallest absolute Gasteiger partial charge is 0.191 e. The van der Waals surface area contributed by atoms with E-state index in [9.17, 15) is 9.50 Å². The molecule has 2 rings (SSSR count). The van der Waals surface area contributed by atoms with E-state index >= 15 is 0 Å². The van der Waals surface area contributed by atoms with Gasteiger partial charge in [0.1, 0.15) is 5.82 Å². The molecule has 5 nitrogen and oxygen atoms in total. The van der Waals surface area contributed by atoms with Crippen molar-refractivity contribution < 1.29 is 14.2 Å². The molecule has 23 heavy (non-hydrogen) atoms. The summed E-state index contributed by atoms with van der Waals surface area (Å²) in [6, 6.07) is 6.18.